The van der Waals surface area contributed by atoms with E-state index in [-0.39, 0.29) is 78.4 Å². The summed E-state index contributed by atoms with van der Waals surface area (Å²) in [6.45, 7) is 83.9. The standard InChI is InChI=1S/C108H135B2N3O3/c1-97(2,3)64-37-39-83-89(56-64)114-92-59-81(111(76-46-66(99(7,8)9)41-67(47-76)100(10,11)12)77-48-68(101(13,14)15)42-69(49-77)102(16,17)18)58-88-95(92)109(83)85-63-91-86(62-87(85)113(88)80-54-74(107(31,32)33)45-75(55-80)108(34,35)36)110-84-40-38-65(98(4,5)6)57-90(84)115-93-60-82(61-94(116-91)96(93)110)112(78-50-70(103(19,20)21)43-71(51-78)104(22,23)24)79-52-72(105(25,26)27)44-73(53-79)106(28,29)30/h37-63H,1-36H3. The van der Waals surface area contributed by atoms with Gasteiger partial charge in [-0.25, -0.2) is 0 Å². The highest BCUT2D eigenvalue weighted by molar-refractivity contribution is 7.01. The Morgan fingerprint density at radius 2 is 0.440 bits per heavy atom. The fourth-order valence-electron chi connectivity index (χ4n) is 17.1. The highest BCUT2D eigenvalue weighted by Crippen LogP contribution is 2.53. The maximum Gasteiger partial charge on any atom is 0.260 e. The van der Waals surface area contributed by atoms with Crippen molar-refractivity contribution in [3.05, 3.63) is 231 Å². The summed E-state index contributed by atoms with van der Waals surface area (Å²) in [6.07, 6.45) is 0. The van der Waals surface area contributed by atoms with Crippen LogP contribution in [-0.2, 0) is 65.0 Å². The smallest absolute Gasteiger partial charge is 0.260 e. The molecule has 4 heterocycles. The molecular formula is C108H135B2N3O3. The first-order valence-corrected chi connectivity index (χ1v) is 43.1. The molecule has 0 aromatic heterocycles. The first-order chi connectivity index (χ1) is 53.0. The highest BCUT2D eigenvalue weighted by atomic mass is 16.5. The van der Waals surface area contributed by atoms with Gasteiger partial charge in [0.15, 0.2) is 0 Å². The number of benzene rings is 10. The largest absolute Gasteiger partial charge is 0.458 e. The Morgan fingerprint density at radius 3 is 0.724 bits per heavy atom. The van der Waals surface area contributed by atoms with Crippen LogP contribution in [0.4, 0.5) is 51.2 Å². The molecule has 8 heteroatoms. The third-order valence-corrected chi connectivity index (χ3v) is 25.1. The SMILES string of the molecule is CC(C)(C)c1cc(N(c2cc(C(C)(C)C)cc(C(C)(C)C)c2)c2cc3c4c(c2)Oc2cc5c(cc2B4c2ccc(C(C)(C)C)cc2O3)N(c2cc(C(C)(C)C)cc(C(C)(C)C)c2)c2cc(N(c3cc(C(C)(C)C)cc(C(C)(C)C)c3)c3cc(C(C)(C)C)cc(C(C)(C)C)c3)cc3c2B5c2ccc(C(C)(C)C)cc2O3)cc(C(C)(C)C)c1. The van der Waals surface area contributed by atoms with Gasteiger partial charge in [-0.15, -0.1) is 0 Å². The molecule has 0 radical (unpaired) electrons. The lowest BCUT2D eigenvalue weighted by Gasteiger charge is -2.43. The predicted octanol–water partition coefficient (Wildman–Crippen LogP) is 27.3. The van der Waals surface area contributed by atoms with E-state index < -0.39 is 0 Å². The van der Waals surface area contributed by atoms with Crippen molar-refractivity contribution >= 4 is 97.4 Å². The summed E-state index contributed by atoms with van der Waals surface area (Å²) in [6, 6.07) is 65.6. The van der Waals surface area contributed by atoms with E-state index in [4.69, 9.17) is 14.2 Å². The molecule has 0 amide bonds. The van der Waals surface area contributed by atoms with Gasteiger partial charge in [0.05, 0.1) is 11.4 Å². The van der Waals surface area contributed by atoms with Crippen molar-refractivity contribution in [2.45, 2.75) is 314 Å². The van der Waals surface area contributed by atoms with Crippen LogP contribution in [0.15, 0.2) is 164 Å². The zero-order valence-corrected chi connectivity index (χ0v) is 77.8. The molecule has 0 spiro atoms. The van der Waals surface area contributed by atoms with Crippen LogP contribution < -0.4 is 61.7 Å². The third kappa shape index (κ3) is 15.7. The number of fused-ring (bicyclic) bond motifs is 8. The number of rotatable bonds is 7. The van der Waals surface area contributed by atoms with Gasteiger partial charge in [-0.1, -0.05) is 304 Å². The molecular weight excluding hydrogens is 1410 g/mol. The Kier molecular flexibility index (Phi) is 19.7. The number of hydrogen-bond acceptors (Lipinski definition) is 6. The van der Waals surface area contributed by atoms with E-state index in [1.165, 1.54) is 66.8 Å². The summed E-state index contributed by atoms with van der Waals surface area (Å²) in [4.78, 5) is 7.74. The first-order valence-electron chi connectivity index (χ1n) is 43.1. The second-order valence-corrected chi connectivity index (χ2v) is 47.2. The van der Waals surface area contributed by atoms with Gasteiger partial charge in [-0.2, -0.15) is 0 Å². The number of hydrogen-bond donors (Lipinski definition) is 0. The van der Waals surface area contributed by atoms with Crippen LogP contribution >= 0.6 is 0 Å². The average Bonchev–Trinajstić information content (AvgIpc) is 0.691. The molecule has 0 atom stereocenters. The molecule has 4 aliphatic rings. The summed E-state index contributed by atoms with van der Waals surface area (Å²) >= 11 is 0. The zero-order chi connectivity index (χ0) is 85.2. The zero-order valence-electron chi connectivity index (χ0n) is 77.8. The molecule has 14 rings (SSSR count). The summed E-state index contributed by atoms with van der Waals surface area (Å²) < 4.78 is 23.6. The fraction of sp³-hybridized carbons (Fsp3) is 0.444. The molecule has 0 unspecified atom stereocenters. The van der Waals surface area contributed by atoms with E-state index in [2.05, 4.69) is 428 Å². The molecule has 6 nitrogen and oxygen atoms in total. The Morgan fingerprint density at radius 1 is 0.198 bits per heavy atom. The number of nitrogens with zero attached hydrogens (tertiary/aromatic N) is 3. The van der Waals surface area contributed by atoms with Gasteiger partial charge in [-0.3, -0.25) is 0 Å². The lowest BCUT2D eigenvalue weighted by atomic mass is 9.32. The van der Waals surface area contributed by atoms with Crippen LogP contribution in [0.2, 0.25) is 0 Å². The first kappa shape index (κ1) is 83.6. The van der Waals surface area contributed by atoms with Gasteiger partial charge >= 0.3 is 0 Å². The van der Waals surface area contributed by atoms with E-state index >= 15 is 0 Å². The van der Waals surface area contributed by atoms with Crippen LogP contribution in [0.3, 0.4) is 0 Å². The van der Waals surface area contributed by atoms with E-state index in [9.17, 15) is 0 Å². The number of ether oxygens (including phenoxy) is 3. The summed E-state index contributed by atoms with van der Waals surface area (Å²) in [5, 5.41) is 0. The minimum absolute atomic E-state index is 0.155. The van der Waals surface area contributed by atoms with Crippen molar-refractivity contribution < 1.29 is 14.2 Å². The van der Waals surface area contributed by atoms with Crippen molar-refractivity contribution in [3.63, 3.8) is 0 Å². The molecule has 10 aromatic carbocycles. The molecule has 0 fully saturated rings. The van der Waals surface area contributed by atoms with Crippen LogP contribution in [-0.4, -0.2) is 13.4 Å². The van der Waals surface area contributed by atoms with Crippen LogP contribution in [0.1, 0.15) is 316 Å². The fourth-order valence-corrected chi connectivity index (χ4v) is 17.1. The normalized spacial score (nSPS) is 14.5. The molecule has 4 aliphatic heterocycles. The van der Waals surface area contributed by atoms with Crippen molar-refractivity contribution in [3.8, 4) is 34.5 Å². The van der Waals surface area contributed by atoms with Crippen LogP contribution in [0.25, 0.3) is 0 Å². The van der Waals surface area contributed by atoms with Gasteiger partial charge in [0, 0.05) is 63.5 Å². The lowest BCUT2D eigenvalue weighted by Crippen LogP contribution is -2.62. The Labute approximate surface area is 701 Å². The van der Waals surface area contributed by atoms with Crippen molar-refractivity contribution in [1.29, 1.82) is 0 Å². The van der Waals surface area contributed by atoms with E-state index in [0.29, 0.717) is 0 Å². The molecule has 0 bridgehead atoms. The quantitative estimate of drug-likeness (QED) is 0.148. The minimum atomic E-state index is -0.301. The maximum absolute atomic E-state index is 8.03. The second-order valence-electron chi connectivity index (χ2n) is 47.2. The van der Waals surface area contributed by atoms with Crippen molar-refractivity contribution in [2.75, 3.05) is 14.7 Å². The average molecular weight is 1540 g/mol. The van der Waals surface area contributed by atoms with Gasteiger partial charge in [0.25, 0.3) is 13.4 Å². The monoisotopic (exact) mass is 1540 g/mol. The summed E-state index contributed by atoms with van der Waals surface area (Å²) in [5.74, 6) is 4.94. The lowest BCUT2D eigenvalue weighted by molar-refractivity contribution is 0.463. The molecule has 0 aliphatic carbocycles. The highest BCUT2D eigenvalue weighted by Gasteiger charge is 2.49. The third-order valence-electron chi connectivity index (χ3n) is 25.1. The second kappa shape index (κ2) is 27.3. The molecule has 0 saturated carbocycles. The van der Waals surface area contributed by atoms with Gasteiger partial charge < -0.3 is 28.9 Å². The van der Waals surface area contributed by atoms with Gasteiger partial charge in [-0.05, 0) is 250 Å². The molecule has 0 saturated heterocycles. The Balaban J connectivity index is 1.12. The molecule has 606 valence electrons. The molecule has 116 heavy (non-hydrogen) atoms. The Bertz CT molecular complexity index is 5290. The maximum atomic E-state index is 8.03. The predicted molar refractivity (Wildman–Crippen MR) is 504 cm³/mol. The molecule has 0 N–H and O–H groups in total. The van der Waals surface area contributed by atoms with Gasteiger partial charge in [0.1, 0.15) is 34.5 Å². The Hall–Kier alpha value is -8.87. The van der Waals surface area contributed by atoms with E-state index in [1.807, 2.05) is 0 Å². The molecule has 10 aromatic rings. The van der Waals surface area contributed by atoms with Crippen LogP contribution in [0.5, 0.6) is 34.5 Å². The number of anilines is 9. The topological polar surface area (TPSA) is 37.4 Å². The summed E-state index contributed by atoms with van der Waals surface area (Å²) in [7, 11) is 0. The van der Waals surface area contributed by atoms with E-state index in [1.54, 1.807) is 0 Å². The summed E-state index contributed by atoms with van der Waals surface area (Å²) in [5.41, 5.74) is 29.4. The van der Waals surface area contributed by atoms with Gasteiger partial charge in [0.2, 0.25) is 0 Å². The van der Waals surface area contributed by atoms with Crippen LogP contribution in [0, 0.1) is 0 Å². The van der Waals surface area contributed by atoms with E-state index in [0.717, 1.165) is 118 Å². The van der Waals surface area contributed by atoms with Crippen molar-refractivity contribution in [2.24, 2.45) is 0 Å². The van der Waals surface area contributed by atoms with Crippen molar-refractivity contribution in [1.82, 2.24) is 0 Å². The minimum Gasteiger partial charge on any atom is -0.458 e.